The zero-order valence-corrected chi connectivity index (χ0v) is 8.12. The summed E-state index contributed by atoms with van der Waals surface area (Å²) in [5, 5.41) is 11.2. The number of hydrogen-bond acceptors (Lipinski definition) is 3. The molecule has 0 fully saturated rings. The van der Waals surface area contributed by atoms with Gasteiger partial charge in [-0.25, -0.2) is 4.39 Å². The first-order valence-corrected chi connectivity index (χ1v) is 4.85. The number of thiol groups is 1. The molecule has 0 saturated heterocycles. The maximum atomic E-state index is 13.3. The molecule has 1 nitrogen and oxygen atoms in total. The van der Waals surface area contributed by atoms with E-state index in [2.05, 4.69) is 12.6 Å². The summed E-state index contributed by atoms with van der Waals surface area (Å²) in [5.41, 5.74) is 0.284. The van der Waals surface area contributed by atoms with Gasteiger partial charge in [0.05, 0.1) is 10.3 Å². The van der Waals surface area contributed by atoms with Crippen molar-refractivity contribution < 1.29 is 4.39 Å². The van der Waals surface area contributed by atoms with Crippen molar-refractivity contribution in [2.45, 2.75) is 4.90 Å². The zero-order chi connectivity index (χ0) is 9.42. The van der Waals surface area contributed by atoms with Crippen molar-refractivity contribution in [2.75, 3.05) is 0 Å². The molecule has 0 aliphatic rings. The Balaban J connectivity index is 2.95. The number of hydrogen-bond donors (Lipinski definition) is 1. The molecule has 0 spiro atoms. The van der Waals surface area contributed by atoms with Gasteiger partial charge >= 0.3 is 0 Å². The molecular formula is C9H4FNS2. The number of halogens is 1. The van der Waals surface area contributed by atoms with Crippen LogP contribution in [-0.4, -0.2) is 0 Å². The van der Waals surface area contributed by atoms with E-state index >= 15 is 0 Å². The van der Waals surface area contributed by atoms with Gasteiger partial charge in [0, 0.05) is 10.3 Å². The van der Waals surface area contributed by atoms with Crippen molar-refractivity contribution in [1.82, 2.24) is 0 Å². The Labute approximate surface area is 83.8 Å². The van der Waals surface area contributed by atoms with Crippen molar-refractivity contribution in [3.8, 4) is 6.07 Å². The minimum atomic E-state index is -0.348. The Morgan fingerprint density at radius 1 is 1.54 bits per heavy atom. The number of fused-ring (bicyclic) bond motifs is 1. The quantitative estimate of drug-likeness (QED) is 0.662. The second-order valence-corrected chi connectivity index (χ2v) is 3.89. The topological polar surface area (TPSA) is 23.8 Å². The minimum Gasteiger partial charge on any atom is -0.205 e. The molecule has 0 amide bonds. The first-order chi connectivity index (χ1) is 6.24. The first-order valence-electron chi connectivity index (χ1n) is 3.53. The van der Waals surface area contributed by atoms with Crippen LogP contribution in [0.2, 0.25) is 0 Å². The van der Waals surface area contributed by atoms with E-state index in [1.165, 1.54) is 17.4 Å². The fraction of sp³-hybridized carbons (Fsp3) is 0. The van der Waals surface area contributed by atoms with Crippen LogP contribution in [0.4, 0.5) is 4.39 Å². The summed E-state index contributed by atoms with van der Waals surface area (Å²) in [4.78, 5) is 0.556. The molecule has 0 aliphatic heterocycles. The number of thiophene rings is 1. The van der Waals surface area contributed by atoms with Crippen molar-refractivity contribution in [1.29, 1.82) is 5.26 Å². The lowest BCUT2D eigenvalue weighted by molar-refractivity contribution is 0.640. The third kappa shape index (κ3) is 1.21. The molecule has 64 valence electrons. The third-order valence-corrected chi connectivity index (χ3v) is 3.19. The molecule has 1 heterocycles. The molecule has 2 rings (SSSR count). The van der Waals surface area contributed by atoms with E-state index in [4.69, 9.17) is 5.26 Å². The number of benzene rings is 1. The van der Waals surface area contributed by atoms with Crippen LogP contribution in [-0.2, 0) is 0 Å². The molecule has 1 aromatic carbocycles. The van der Waals surface area contributed by atoms with Gasteiger partial charge in [-0.1, -0.05) is 0 Å². The van der Waals surface area contributed by atoms with Crippen molar-refractivity contribution in [3.63, 3.8) is 0 Å². The molecule has 0 bridgehead atoms. The fourth-order valence-electron chi connectivity index (χ4n) is 1.17. The summed E-state index contributed by atoms with van der Waals surface area (Å²) in [6.45, 7) is 0. The van der Waals surface area contributed by atoms with Gasteiger partial charge in [0.25, 0.3) is 0 Å². The van der Waals surface area contributed by atoms with E-state index in [-0.39, 0.29) is 11.4 Å². The Bertz CT molecular complexity index is 510. The SMILES string of the molecule is N#Cc1cc(F)c2sccc2c1S. The van der Waals surface area contributed by atoms with Crippen LogP contribution >= 0.6 is 24.0 Å². The number of rotatable bonds is 0. The van der Waals surface area contributed by atoms with E-state index in [0.717, 1.165) is 0 Å². The highest BCUT2D eigenvalue weighted by atomic mass is 32.1. The van der Waals surface area contributed by atoms with E-state index in [0.29, 0.717) is 15.0 Å². The molecular weight excluding hydrogens is 205 g/mol. The van der Waals surface area contributed by atoms with E-state index in [1.54, 1.807) is 11.4 Å². The van der Waals surface area contributed by atoms with Gasteiger partial charge in [-0.05, 0) is 17.5 Å². The predicted molar refractivity (Wildman–Crippen MR) is 53.8 cm³/mol. The van der Waals surface area contributed by atoms with Gasteiger partial charge in [0.1, 0.15) is 11.9 Å². The summed E-state index contributed by atoms with van der Waals surface area (Å²) in [6, 6.07) is 4.90. The average molecular weight is 209 g/mol. The van der Waals surface area contributed by atoms with Gasteiger partial charge < -0.3 is 0 Å². The molecule has 0 N–H and O–H groups in total. The Morgan fingerprint density at radius 2 is 2.31 bits per heavy atom. The monoisotopic (exact) mass is 209 g/mol. The lowest BCUT2D eigenvalue weighted by atomic mass is 10.2. The van der Waals surface area contributed by atoms with Gasteiger partial charge in [0.2, 0.25) is 0 Å². The van der Waals surface area contributed by atoms with Crippen LogP contribution in [0, 0.1) is 17.1 Å². The fourth-order valence-corrected chi connectivity index (χ4v) is 2.36. The summed E-state index contributed by atoms with van der Waals surface area (Å²) in [5.74, 6) is -0.348. The van der Waals surface area contributed by atoms with Crippen LogP contribution in [0.3, 0.4) is 0 Å². The molecule has 4 heteroatoms. The van der Waals surface area contributed by atoms with Crippen molar-refractivity contribution in [2.24, 2.45) is 0 Å². The van der Waals surface area contributed by atoms with E-state index in [1.807, 2.05) is 6.07 Å². The van der Waals surface area contributed by atoms with Crippen LogP contribution in [0.25, 0.3) is 10.1 Å². The average Bonchev–Trinajstić information content (AvgIpc) is 2.60. The molecule has 0 aliphatic carbocycles. The second-order valence-electron chi connectivity index (χ2n) is 2.53. The molecule has 0 unspecified atom stereocenters. The van der Waals surface area contributed by atoms with Gasteiger partial charge in [-0.3, -0.25) is 0 Å². The zero-order valence-electron chi connectivity index (χ0n) is 6.41. The van der Waals surface area contributed by atoms with Gasteiger partial charge in [-0.15, -0.1) is 24.0 Å². The molecule has 0 saturated carbocycles. The normalized spacial score (nSPS) is 10.2. The summed E-state index contributed by atoms with van der Waals surface area (Å²) in [6.07, 6.45) is 0. The van der Waals surface area contributed by atoms with E-state index < -0.39 is 0 Å². The highest BCUT2D eigenvalue weighted by Crippen LogP contribution is 2.31. The second kappa shape index (κ2) is 3.02. The third-order valence-electron chi connectivity index (χ3n) is 1.78. The largest absolute Gasteiger partial charge is 0.205 e. The van der Waals surface area contributed by atoms with Crippen LogP contribution in [0.5, 0.6) is 0 Å². The van der Waals surface area contributed by atoms with Crippen LogP contribution < -0.4 is 0 Å². The Hall–Kier alpha value is -1.05. The molecule has 0 atom stereocenters. The lowest BCUT2D eigenvalue weighted by Crippen LogP contribution is -1.82. The highest BCUT2D eigenvalue weighted by Gasteiger charge is 2.09. The van der Waals surface area contributed by atoms with Crippen LogP contribution in [0.1, 0.15) is 5.56 Å². The van der Waals surface area contributed by atoms with Crippen molar-refractivity contribution in [3.05, 3.63) is 28.9 Å². The standard InChI is InChI=1S/C9H4FNS2/c10-7-3-5(4-11)8(12)6-1-2-13-9(6)7/h1-3,12H. The molecule has 2 aromatic rings. The first kappa shape index (κ1) is 8.54. The minimum absolute atomic E-state index is 0.284. The summed E-state index contributed by atoms with van der Waals surface area (Å²) >= 11 is 5.49. The highest BCUT2D eigenvalue weighted by molar-refractivity contribution is 7.80. The van der Waals surface area contributed by atoms with Crippen molar-refractivity contribution >= 4 is 34.1 Å². The summed E-state index contributed by atoms with van der Waals surface area (Å²) < 4.78 is 13.8. The predicted octanol–water partition coefficient (Wildman–Crippen LogP) is 3.20. The maximum absolute atomic E-state index is 13.3. The number of nitriles is 1. The van der Waals surface area contributed by atoms with Gasteiger partial charge in [-0.2, -0.15) is 5.26 Å². The maximum Gasteiger partial charge on any atom is 0.142 e. The number of nitrogens with zero attached hydrogens (tertiary/aromatic N) is 1. The summed E-state index contributed by atoms with van der Waals surface area (Å²) in [7, 11) is 0. The molecule has 13 heavy (non-hydrogen) atoms. The molecule has 0 radical (unpaired) electrons. The van der Waals surface area contributed by atoms with Crippen LogP contribution in [0.15, 0.2) is 22.4 Å². The Morgan fingerprint density at radius 3 is 3.00 bits per heavy atom. The smallest absolute Gasteiger partial charge is 0.142 e. The van der Waals surface area contributed by atoms with Gasteiger partial charge in [0.15, 0.2) is 0 Å². The Kier molecular flexibility index (Phi) is 1.98. The molecule has 1 aromatic heterocycles. The van der Waals surface area contributed by atoms with E-state index in [9.17, 15) is 4.39 Å². The lowest BCUT2D eigenvalue weighted by Gasteiger charge is -1.98.